The van der Waals surface area contributed by atoms with Crippen LogP contribution in [0, 0.1) is 6.92 Å². The number of carbonyl (C=O) groups excluding carboxylic acids is 1. The first-order chi connectivity index (χ1) is 12.7. The molecule has 1 N–H and O–H groups in total. The number of piperazine rings is 1. The van der Waals surface area contributed by atoms with Gasteiger partial charge < -0.3 is 10.2 Å². The Morgan fingerprint density at radius 3 is 2.62 bits per heavy atom. The van der Waals surface area contributed by atoms with Crippen molar-refractivity contribution in [2.45, 2.75) is 32.2 Å². The van der Waals surface area contributed by atoms with Gasteiger partial charge in [0.25, 0.3) is 5.91 Å². The maximum Gasteiger partial charge on any atom is 0.266 e. The van der Waals surface area contributed by atoms with Crippen molar-refractivity contribution in [1.82, 2.24) is 14.8 Å². The zero-order valence-corrected chi connectivity index (χ0v) is 16.3. The molecule has 1 saturated heterocycles. The lowest BCUT2D eigenvalue weighted by Crippen LogP contribution is -2.53. The molecule has 0 bridgehead atoms. The Hall–Kier alpha value is -1.92. The SMILES string of the molecule is CNc1nc(C)c(C(=O)N2CCN(C3CCc4ccccc4C3)CC2)s1. The van der Waals surface area contributed by atoms with Crippen LogP contribution < -0.4 is 5.32 Å². The van der Waals surface area contributed by atoms with Gasteiger partial charge in [0.15, 0.2) is 5.13 Å². The molecular weight excluding hydrogens is 344 g/mol. The highest BCUT2D eigenvalue weighted by molar-refractivity contribution is 7.17. The molecular formula is C20H26N4OS. The van der Waals surface area contributed by atoms with Gasteiger partial charge in [-0.05, 0) is 37.3 Å². The lowest BCUT2D eigenvalue weighted by molar-refractivity contribution is 0.0556. The molecule has 6 heteroatoms. The molecule has 0 saturated carbocycles. The van der Waals surface area contributed by atoms with E-state index in [1.807, 2.05) is 18.9 Å². The number of amides is 1. The van der Waals surface area contributed by atoms with Gasteiger partial charge in [0.05, 0.1) is 5.69 Å². The van der Waals surface area contributed by atoms with Crippen LogP contribution in [0.2, 0.25) is 0 Å². The molecule has 5 nitrogen and oxygen atoms in total. The van der Waals surface area contributed by atoms with E-state index in [1.54, 1.807) is 0 Å². The second-order valence-corrected chi connectivity index (χ2v) is 8.18. The van der Waals surface area contributed by atoms with E-state index in [0.29, 0.717) is 6.04 Å². The molecule has 26 heavy (non-hydrogen) atoms. The third-order valence-electron chi connectivity index (χ3n) is 5.64. The molecule has 2 aliphatic rings. The van der Waals surface area contributed by atoms with Gasteiger partial charge in [0, 0.05) is 39.3 Å². The van der Waals surface area contributed by atoms with E-state index >= 15 is 0 Å². The summed E-state index contributed by atoms with van der Waals surface area (Å²) in [4.78, 5) is 22.6. The van der Waals surface area contributed by atoms with Gasteiger partial charge in [-0.2, -0.15) is 0 Å². The number of anilines is 1. The molecule has 1 amide bonds. The molecule has 1 aromatic carbocycles. The van der Waals surface area contributed by atoms with E-state index < -0.39 is 0 Å². The zero-order valence-electron chi connectivity index (χ0n) is 15.5. The van der Waals surface area contributed by atoms with Gasteiger partial charge in [-0.3, -0.25) is 9.69 Å². The van der Waals surface area contributed by atoms with Crippen LogP contribution in [0.1, 0.15) is 32.9 Å². The standard InChI is InChI=1S/C20H26N4OS/c1-14-18(26-20(21-2)22-14)19(25)24-11-9-23(10-12-24)17-8-7-15-5-3-4-6-16(15)13-17/h3-6,17H,7-13H2,1-2H3,(H,21,22). The van der Waals surface area contributed by atoms with E-state index in [2.05, 4.69) is 39.5 Å². The smallest absolute Gasteiger partial charge is 0.266 e. The minimum atomic E-state index is 0.134. The van der Waals surface area contributed by atoms with Gasteiger partial charge >= 0.3 is 0 Å². The molecule has 2 aromatic rings. The molecule has 1 aliphatic carbocycles. The Labute approximate surface area is 159 Å². The van der Waals surface area contributed by atoms with Crippen LogP contribution in [0.4, 0.5) is 5.13 Å². The average molecular weight is 371 g/mol. The predicted octanol–water partition coefficient (Wildman–Crippen LogP) is 2.81. The molecule has 1 atom stereocenters. The number of rotatable bonds is 3. The normalized spacial score (nSPS) is 20.7. The largest absolute Gasteiger partial charge is 0.365 e. The molecule has 1 fully saturated rings. The van der Waals surface area contributed by atoms with Crippen LogP contribution in [0.25, 0.3) is 0 Å². The fourth-order valence-electron chi connectivity index (χ4n) is 4.13. The van der Waals surface area contributed by atoms with Crippen molar-refractivity contribution in [3.8, 4) is 0 Å². The maximum atomic E-state index is 12.8. The number of aryl methyl sites for hydroxylation is 2. The van der Waals surface area contributed by atoms with Gasteiger partial charge in [0.1, 0.15) is 4.88 Å². The van der Waals surface area contributed by atoms with Crippen LogP contribution in [0.3, 0.4) is 0 Å². The number of thiazole rings is 1. The highest BCUT2D eigenvalue weighted by Gasteiger charge is 2.30. The van der Waals surface area contributed by atoms with E-state index in [4.69, 9.17) is 0 Å². The Bertz CT molecular complexity index is 795. The number of carbonyl (C=O) groups is 1. The number of hydrogen-bond donors (Lipinski definition) is 1. The fourth-order valence-corrected chi connectivity index (χ4v) is 5.01. The fraction of sp³-hybridized carbons (Fsp3) is 0.500. The van der Waals surface area contributed by atoms with E-state index in [0.717, 1.165) is 48.3 Å². The van der Waals surface area contributed by atoms with Crippen molar-refractivity contribution in [3.63, 3.8) is 0 Å². The predicted molar refractivity (Wildman–Crippen MR) is 106 cm³/mol. The van der Waals surface area contributed by atoms with Crippen molar-refractivity contribution in [2.75, 3.05) is 38.5 Å². The van der Waals surface area contributed by atoms with Crippen molar-refractivity contribution in [3.05, 3.63) is 46.0 Å². The second-order valence-electron chi connectivity index (χ2n) is 7.18. The number of nitrogens with one attached hydrogen (secondary N) is 1. The number of aromatic nitrogens is 1. The highest BCUT2D eigenvalue weighted by atomic mass is 32.1. The zero-order chi connectivity index (χ0) is 18.1. The first-order valence-electron chi connectivity index (χ1n) is 9.41. The minimum absolute atomic E-state index is 0.134. The number of hydrogen-bond acceptors (Lipinski definition) is 5. The third-order valence-corrected chi connectivity index (χ3v) is 6.81. The first kappa shape index (κ1) is 17.5. The molecule has 1 unspecified atom stereocenters. The van der Waals surface area contributed by atoms with Crippen molar-refractivity contribution in [1.29, 1.82) is 0 Å². The molecule has 0 spiro atoms. The summed E-state index contributed by atoms with van der Waals surface area (Å²) in [5.74, 6) is 0.134. The quantitative estimate of drug-likeness (QED) is 0.903. The van der Waals surface area contributed by atoms with Crippen LogP contribution in [0.15, 0.2) is 24.3 Å². The lowest BCUT2D eigenvalue weighted by Gasteiger charge is -2.41. The third kappa shape index (κ3) is 3.35. The summed E-state index contributed by atoms with van der Waals surface area (Å²) in [5, 5.41) is 3.84. The molecule has 4 rings (SSSR count). The Kier molecular flexibility index (Phi) is 4.96. The summed E-state index contributed by atoms with van der Waals surface area (Å²) in [7, 11) is 1.84. The minimum Gasteiger partial charge on any atom is -0.365 e. The van der Waals surface area contributed by atoms with Gasteiger partial charge in [-0.25, -0.2) is 4.98 Å². The van der Waals surface area contributed by atoms with E-state index in [1.165, 1.54) is 35.3 Å². The monoisotopic (exact) mass is 370 g/mol. The topological polar surface area (TPSA) is 48.5 Å². The van der Waals surface area contributed by atoms with Gasteiger partial charge in [0.2, 0.25) is 0 Å². The molecule has 138 valence electrons. The number of fused-ring (bicyclic) bond motifs is 1. The summed E-state index contributed by atoms with van der Waals surface area (Å²) in [6, 6.07) is 9.44. The summed E-state index contributed by atoms with van der Waals surface area (Å²) < 4.78 is 0. The number of nitrogens with zero attached hydrogens (tertiary/aromatic N) is 3. The molecule has 2 heterocycles. The van der Waals surface area contributed by atoms with Crippen LogP contribution in [-0.4, -0.2) is 60.0 Å². The lowest BCUT2D eigenvalue weighted by atomic mass is 9.87. The van der Waals surface area contributed by atoms with Gasteiger partial charge in [-0.15, -0.1) is 0 Å². The summed E-state index contributed by atoms with van der Waals surface area (Å²) in [6.07, 6.45) is 3.54. The second kappa shape index (κ2) is 7.37. The molecule has 0 radical (unpaired) electrons. The molecule has 1 aliphatic heterocycles. The van der Waals surface area contributed by atoms with Crippen molar-refractivity contribution in [2.24, 2.45) is 0 Å². The van der Waals surface area contributed by atoms with E-state index in [-0.39, 0.29) is 5.91 Å². The van der Waals surface area contributed by atoms with Crippen LogP contribution >= 0.6 is 11.3 Å². The Morgan fingerprint density at radius 1 is 1.19 bits per heavy atom. The summed E-state index contributed by atoms with van der Waals surface area (Å²) >= 11 is 1.46. The Balaban J connectivity index is 1.37. The number of benzene rings is 1. The van der Waals surface area contributed by atoms with Crippen molar-refractivity contribution >= 4 is 22.4 Å². The van der Waals surface area contributed by atoms with Gasteiger partial charge in [-0.1, -0.05) is 35.6 Å². The van der Waals surface area contributed by atoms with Crippen LogP contribution in [0.5, 0.6) is 0 Å². The average Bonchev–Trinajstić information content (AvgIpc) is 3.08. The summed E-state index contributed by atoms with van der Waals surface area (Å²) in [5.41, 5.74) is 3.84. The van der Waals surface area contributed by atoms with Crippen molar-refractivity contribution < 1.29 is 4.79 Å². The first-order valence-corrected chi connectivity index (χ1v) is 10.2. The molecule has 1 aromatic heterocycles. The Morgan fingerprint density at radius 2 is 1.92 bits per heavy atom. The highest BCUT2D eigenvalue weighted by Crippen LogP contribution is 2.27. The summed E-state index contributed by atoms with van der Waals surface area (Å²) in [6.45, 7) is 5.47. The maximum absolute atomic E-state index is 12.8. The van der Waals surface area contributed by atoms with Crippen LogP contribution in [-0.2, 0) is 12.8 Å². The van der Waals surface area contributed by atoms with E-state index in [9.17, 15) is 4.79 Å².